The predicted octanol–water partition coefficient (Wildman–Crippen LogP) is 0.368. The fraction of sp³-hybridized carbons (Fsp3) is 0.400. The second-order valence-corrected chi connectivity index (χ2v) is 2.85. The molecule has 3 N–H and O–H groups in total. The number of ether oxygens (including phenoxy) is 1. The van der Waals surface area contributed by atoms with Gasteiger partial charge in [-0.25, -0.2) is 0 Å². The summed E-state index contributed by atoms with van der Waals surface area (Å²) in [6, 6.07) is 3.06. The molecular weight excluding hydrogens is 228 g/mol. The van der Waals surface area contributed by atoms with Gasteiger partial charge in [0.1, 0.15) is 24.1 Å². The van der Waals surface area contributed by atoms with Gasteiger partial charge in [0.2, 0.25) is 0 Å². The standard InChI is InChI=1S/C10H14N2O5/c1-11-9-4-8(17-6-7(14)5-13)2-3-10(9)12(15)16/h2-4,7,11,13-14H,5-6H2,1H3/i5D2,6D2,7D. The van der Waals surface area contributed by atoms with Gasteiger partial charge in [-0.1, -0.05) is 0 Å². The third-order valence-electron chi connectivity index (χ3n) is 1.81. The van der Waals surface area contributed by atoms with Crippen LogP contribution in [0.4, 0.5) is 11.4 Å². The molecule has 0 amide bonds. The van der Waals surface area contributed by atoms with Crippen molar-refractivity contribution in [3.05, 3.63) is 28.3 Å². The van der Waals surface area contributed by atoms with E-state index in [9.17, 15) is 15.2 Å². The Hall–Kier alpha value is -1.86. The van der Waals surface area contributed by atoms with E-state index in [1.54, 1.807) is 0 Å². The molecule has 0 aliphatic rings. The maximum atomic E-state index is 10.8. The van der Waals surface area contributed by atoms with Crippen LogP contribution in [0.1, 0.15) is 6.85 Å². The quantitative estimate of drug-likeness (QED) is 0.495. The largest absolute Gasteiger partial charge is 0.491 e. The molecule has 0 bridgehead atoms. The normalized spacial score (nSPS) is 19.8. The monoisotopic (exact) mass is 247 g/mol. The molecule has 0 fully saturated rings. The average Bonchev–Trinajstić information content (AvgIpc) is 2.36. The van der Waals surface area contributed by atoms with E-state index >= 15 is 0 Å². The van der Waals surface area contributed by atoms with Crippen LogP contribution in [-0.4, -0.2) is 41.4 Å². The fourth-order valence-electron chi connectivity index (χ4n) is 1.07. The van der Waals surface area contributed by atoms with Crippen molar-refractivity contribution in [3.8, 4) is 5.75 Å². The van der Waals surface area contributed by atoms with Crippen LogP contribution in [-0.2, 0) is 0 Å². The molecule has 0 aliphatic heterocycles. The maximum Gasteiger partial charge on any atom is 0.292 e. The second kappa shape index (κ2) is 6.02. The molecule has 0 aromatic heterocycles. The van der Waals surface area contributed by atoms with Gasteiger partial charge in [0, 0.05) is 19.2 Å². The highest BCUT2D eigenvalue weighted by Crippen LogP contribution is 2.28. The highest BCUT2D eigenvalue weighted by atomic mass is 16.6. The molecule has 17 heavy (non-hydrogen) atoms. The van der Waals surface area contributed by atoms with Crippen molar-refractivity contribution in [2.24, 2.45) is 0 Å². The van der Waals surface area contributed by atoms with E-state index in [4.69, 9.17) is 16.7 Å². The molecular formula is C10H14N2O5. The van der Waals surface area contributed by atoms with E-state index in [2.05, 4.69) is 5.32 Å². The van der Waals surface area contributed by atoms with Crippen molar-refractivity contribution in [1.82, 2.24) is 0 Å². The number of benzene rings is 1. The number of hydrogen-bond donors (Lipinski definition) is 3. The summed E-state index contributed by atoms with van der Waals surface area (Å²) in [5, 5.41) is 31.8. The minimum Gasteiger partial charge on any atom is -0.491 e. The molecule has 1 unspecified atom stereocenters. The average molecular weight is 247 g/mol. The van der Waals surface area contributed by atoms with Crippen LogP contribution in [0.25, 0.3) is 0 Å². The van der Waals surface area contributed by atoms with Gasteiger partial charge in [-0.3, -0.25) is 10.1 Å². The van der Waals surface area contributed by atoms with Gasteiger partial charge in [-0.15, -0.1) is 0 Å². The van der Waals surface area contributed by atoms with Crippen molar-refractivity contribution < 1.29 is 26.7 Å². The number of nitro benzene ring substituents is 1. The zero-order chi connectivity index (χ0) is 17.3. The van der Waals surface area contributed by atoms with E-state index in [1.807, 2.05) is 0 Å². The third-order valence-corrected chi connectivity index (χ3v) is 1.81. The fourth-order valence-corrected chi connectivity index (χ4v) is 1.07. The molecule has 7 heteroatoms. The molecule has 0 aliphatic carbocycles. The first kappa shape index (κ1) is 7.46. The highest BCUT2D eigenvalue weighted by molar-refractivity contribution is 5.63. The molecule has 0 saturated heterocycles. The van der Waals surface area contributed by atoms with Gasteiger partial charge in [0.05, 0.1) is 18.3 Å². The third kappa shape index (κ3) is 3.58. The predicted molar refractivity (Wildman–Crippen MR) is 61.2 cm³/mol. The van der Waals surface area contributed by atoms with Crippen LogP contribution >= 0.6 is 0 Å². The van der Waals surface area contributed by atoms with Gasteiger partial charge in [-0.2, -0.15) is 0 Å². The van der Waals surface area contributed by atoms with Crippen LogP contribution in [0, 0.1) is 10.1 Å². The first-order valence-corrected chi connectivity index (χ1v) is 4.43. The van der Waals surface area contributed by atoms with Gasteiger partial charge >= 0.3 is 0 Å². The van der Waals surface area contributed by atoms with E-state index in [0.29, 0.717) is 0 Å². The zero-order valence-electron chi connectivity index (χ0n) is 13.8. The van der Waals surface area contributed by atoms with Gasteiger partial charge in [0.15, 0.2) is 0 Å². The smallest absolute Gasteiger partial charge is 0.292 e. The van der Waals surface area contributed by atoms with E-state index < -0.39 is 24.1 Å². The molecule has 1 atom stereocenters. The summed E-state index contributed by atoms with van der Waals surface area (Å²) < 4.78 is 40.6. The van der Waals surface area contributed by atoms with Crippen LogP contribution in [0.5, 0.6) is 5.75 Å². The Morgan fingerprint density at radius 2 is 2.47 bits per heavy atom. The number of nitrogens with one attached hydrogen (secondary N) is 1. The van der Waals surface area contributed by atoms with Crippen LogP contribution in [0.15, 0.2) is 18.2 Å². The summed E-state index contributed by atoms with van der Waals surface area (Å²) in [5.41, 5.74) is -0.326. The minimum absolute atomic E-state index is 0.0150. The molecule has 94 valence electrons. The van der Waals surface area contributed by atoms with Crippen molar-refractivity contribution in [1.29, 1.82) is 0 Å². The highest BCUT2D eigenvalue weighted by Gasteiger charge is 2.13. The molecule has 1 aromatic rings. The summed E-state index contributed by atoms with van der Waals surface area (Å²) in [7, 11) is 1.38. The van der Waals surface area contributed by atoms with E-state index in [0.717, 1.165) is 18.2 Å². The lowest BCUT2D eigenvalue weighted by Gasteiger charge is -2.11. The minimum atomic E-state index is -3.64. The molecule has 7 nitrogen and oxygen atoms in total. The van der Waals surface area contributed by atoms with Crippen molar-refractivity contribution in [3.63, 3.8) is 0 Å². The molecule has 0 spiro atoms. The lowest BCUT2D eigenvalue weighted by Crippen LogP contribution is -2.21. The summed E-state index contributed by atoms with van der Waals surface area (Å²) in [6.45, 7) is -6.95. The number of nitrogens with zero attached hydrogens (tertiary/aromatic N) is 1. The number of rotatable bonds is 6. The molecule has 1 aromatic carbocycles. The Morgan fingerprint density at radius 1 is 1.76 bits per heavy atom. The summed E-state index contributed by atoms with van der Waals surface area (Å²) in [6.07, 6.45) is -3.64. The summed E-state index contributed by atoms with van der Waals surface area (Å²) >= 11 is 0. The second-order valence-electron chi connectivity index (χ2n) is 2.85. The summed E-state index contributed by atoms with van der Waals surface area (Å²) in [5.74, 6) is -0.310. The first-order valence-electron chi connectivity index (χ1n) is 6.93. The SMILES string of the molecule is [2H]C([2H])(O)C([2H])(O)C([2H])([2H])Oc1ccc([N+](=O)[O-])c(NC)c1. The van der Waals surface area contributed by atoms with Crippen molar-refractivity contribution in [2.75, 3.05) is 25.5 Å². The van der Waals surface area contributed by atoms with Crippen molar-refractivity contribution >= 4 is 11.4 Å². The Morgan fingerprint density at radius 3 is 3.00 bits per heavy atom. The number of anilines is 1. The lowest BCUT2D eigenvalue weighted by atomic mass is 10.2. The molecule has 0 heterocycles. The number of nitro groups is 1. The van der Waals surface area contributed by atoms with Crippen LogP contribution < -0.4 is 10.1 Å². The maximum absolute atomic E-state index is 10.8. The molecule has 0 saturated carbocycles. The Bertz CT molecular complexity index is 575. The van der Waals surface area contributed by atoms with Gasteiger partial charge in [0.25, 0.3) is 5.69 Å². The Labute approximate surface area is 105 Å². The number of aliphatic hydroxyl groups is 2. The van der Waals surface area contributed by atoms with Gasteiger partial charge in [-0.05, 0) is 6.07 Å². The first-order chi connectivity index (χ1) is 9.83. The molecule has 0 radical (unpaired) electrons. The van der Waals surface area contributed by atoms with Crippen molar-refractivity contribution in [2.45, 2.75) is 6.08 Å². The van der Waals surface area contributed by atoms with E-state index in [-0.39, 0.29) is 17.1 Å². The topological polar surface area (TPSA) is 105 Å². The Kier molecular flexibility index (Phi) is 2.64. The van der Waals surface area contributed by atoms with E-state index in [1.165, 1.54) is 7.05 Å². The molecule has 1 rings (SSSR count). The van der Waals surface area contributed by atoms with Gasteiger partial charge < -0.3 is 20.3 Å². The summed E-state index contributed by atoms with van der Waals surface area (Å²) in [4.78, 5) is 10.1. The van der Waals surface area contributed by atoms with Crippen LogP contribution in [0.3, 0.4) is 0 Å². The van der Waals surface area contributed by atoms with Crippen LogP contribution in [0.2, 0.25) is 0 Å². The lowest BCUT2D eigenvalue weighted by molar-refractivity contribution is -0.384. The zero-order valence-corrected chi connectivity index (χ0v) is 8.80. The Balaban J connectivity index is 3.16. The number of hydrogen-bond acceptors (Lipinski definition) is 6.